The van der Waals surface area contributed by atoms with Gasteiger partial charge in [0.1, 0.15) is 0 Å². The summed E-state index contributed by atoms with van der Waals surface area (Å²) < 4.78 is 0. The molecule has 5 aliphatic carbocycles. The fourth-order valence-corrected chi connectivity index (χ4v) is 8.00. The Morgan fingerprint density at radius 3 is 2.00 bits per heavy atom. The first-order valence-corrected chi connectivity index (χ1v) is 11.0. The predicted octanol–water partition coefficient (Wildman–Crippen LogP) is 6.47. The average molecular weight is 313 g/mol. The number of fused-ring (bicyclic) bond motifs is 3. The second kappa shape index (κ2) is 5.92. The monoisotopic (exact) mass is 312 g/mol. The molecular weight excluding hydrogens is 276 g/mol. The smallest absolute Gasteiger partial charge is 0.0197 e. The summed E-state index contributed by atoms with van der Waals surface area (Å²) in [7, 11) is 0. The van der Waals surface area contributed by atoms with Gasteiger partial charge in [0.2, 0.25) is 0 Å². The van der Waals surface area contributed by atoms with Crippen molar-refractivity contribution in [3.05, 3.63) is 12.2 Å². The van der Waals surface area contributed by atoms with Gasteiger partial charge in [-0.15, -0.1) is 0 Å². The molecule has 23 heavy (non-hydrogen) atoms. The van der Waals surface area contributed by atoms with Gasteiger partial charge in [0.15, 0.2) is 0 Å². The van der Waals surface area contributed by atoms with Gasteiger partial charge in [-0.1, -0.05) is 44.8 Å². The van der Waals surface area contributed by atoms with Crippen LogP contribution in [0.3, 0.4) is 0 Å². The SMILES string of the molecule is CC1C=CC(C2CC3CC2CC3C2CCC3CCCCC3C2)C1. The van der Waals surface area contributed by atoms with Crippen molar-refractivity contribution >= 4 is 0 Å². The molecule has 9 atom stereocenters. The van der Waals surface area contributed by atoms with Gasteiger partial charge in [0.05, 0.1) is 0 Å². The van der Waals surface area contributed by atoms with Gasteiger partial charge in [0.25, 0.3) is 0 Å². The summed E-state index contributed by atoms with van der Waals surface area (Å²) in [5.74, 6) is 9.65. The van der Waals surface area contributed by atoms with Crippen molar-refractivity contribution in [1.29, 1.82) is 0 Å². The van der Waals surface area contributed by atoms with Gasteiger partial charge in [0, 0.05) is 0 Å². The van der Waals surface area contributed by atoms with Crippen molar-refractivity contribution in [2.75, 3.05) is 0 Å². The quantitative estimate of drug-likeness (QED) is 0.513. The van der Waals surface area contributed by atoms with Crippen LogP contribution in [0, 0.1) is 53.3 Å². The van der Waals surface area contributed by atoms with Crippen LogP contribution in [0.1, 0.15) is 77.6 Å². The second-order valence-electron chi connectivity index (χ2n) is 10.2. The molecule has 0 saturated heterocycles. The Morgan fingerprint density at radius 2 is 1.26 bits per heavy atom. The molecule has 0 aliphatic heterocycles. The van der Waals surface area contributed by atoms with Crippen molar-refractivity contribution in [1.82, 2.24) is 0 Å². The van der Waals surface area contributed by atoms with E-state index in [-0.39, 0.29) is 0 Å². The van der Waals surface area contributed by atoms with Crippen molar-refractivity contribution < 1.29 is 0 Å². The maximum Gasteiger partial charge on any atom is -0.0197 e. The highest BCUT2D eigenvalue weighted by Crippen LogP contribution is 2.60. The van der Waals surface area contributed by atoms with E-state index in [9.17, 15) is 0 Å². The normalized spacial score (nSPS) is 55.3. The van der Waals surface area contributed by atoms with Crippen LogP contribution in [-0.2, 0) is 0 Å². The highest BCUT2D eigenvalue weighted by molar-refractivity contribution is 5.08. The van der Waals surface area contributed by atoms with Crippen molar-refractivity contribution in [2.45, 2.75) is 77.6 Å². The lowest BCUT2D eigenvalue weighted by Gasteiger charge is -2.44. The van der Waals surface area contributed by atoms with E-state index in [0.29, 0.717) is 0 Å². The third kappa shape index (κ3) is 2.63. The van der Waals surface area contributed by atoms with Crippen LogP contribution in [0.4, 0.5) is 0 Å². The summed E-state index contributed by atoms with van der Waals surface area (Å²) in [4.78, 5) is 0. The third-order valence-electron chi connectivity index (χ3n) is 9.03. The molecule has 2 bridgehead atoms. The molecular formula is C23H36. The summed E-state index contributed by atoms with van der Waals surface area (Å²) in [6.07, 6.45) is 22.4. The minimum atomic E-state index is 0.858. The Morgan fingerprint density at radius 1 is 0.565 bits per heavy atom. The Kier molecular flexibility index (Phi) is 3.87. The molecule has 0 aromatic rings. The molecule has 9 unspecified atom stereocenters. The maximum absolute atomic E-state index is 2.60. The molecule has 0 heterocycles. The second-order valence-corrected chi connectivity index (χ2v) is 10.2. The summed E-state index contributed by atoms with van der Waals surface area (Å²) in [6.45, 7) is 2.41. The van der Waals surface area contributed by atoms with Crippen LogP contribution in [0.5, 0.6) is 0 Å². The van der Waals surface area contributed by atoms with E-state index in [2.05, 4.69) is 19.1 Å². The van der Waals surface area contributed by atoms with Crippen molar-refractivity contribution in [3.8, 4) is 0 Å². The largest absolute Gasteiger partial charge is 0.0854 e. The molecule has 4 fully saturated rings. The highest BCUT2D eigenvalue weighted by atomic mass is 14.6. The van der Waals surface area contributed by atoms with Gasteiger partial charge in [-0.25, -0.2) is 0 Å². The Balaban J connectivity index is 1.21. The maximum atomic E-state index is 2.60. The van der Waals surface area contributed by atoms with Crippen LogP contribution < -0.4 is 0 Å². The minimum Gasteiger partial charge on any atom is -0.0854 e. The Bertz CT molecular complexity index is 463. The van der Waals surface area contributed by atoms with Crippen LogP contribution in [0.25, 0.3) is 0 Å². The summed E-state index contributed by atoms with van der Waals surface area (Å²) in [5, 5.41) is 0. The molecule has 0 aromatic heterocycles. The van der Waals surface area contributed by atoms with Gasteiger partial charge >= 0.3 is 0 Å². The molecule has 0 spiro atoms. The average Bonchev–Trinajstić information content (AvgIpc) is 3.29. The zero-order valence-electron chi connectivity index (χ0n) is 15.1. The molecule has 0 heteroatoms. The lowest BCUT2D eigenvalue weighted by molar-refractivity contribution is 0.0676. The van der Waals surface area contributed by atoms with Gasteiger partial charge in [-0.3, -0.25) is 0 Å². The molecule has 5 aliphatic rings. The molecule has 0 nitrogen and oxygen atoms in total. The number of rotatable bonds is 2. The van der Waals surface area contributed by atoms with Crippen LogP contribution in [0.15, 0.2) is 12.2 Å². The Labute approximate surface area is 143 Å². The van der Waals surface area contributed by atoms with Gasteiger partial charge in [-0.05, 0) is 98.2 Å². The topological polar surface area (TPSA) is 0 Å². The lowest BCUT2D eigenvalue weighted by Crippen LogP contribution is -2.34. The van der Waals surface area contributed by atoms with E-state index in [0.717, 1.165) is 53.3 Å². The predicted molar refractivity (Wildman–Crippen MR) is 97.0 cm³/mol. The summed E-state index contributed by atoms with van der Waals surface area (Å²) in [5.41, 5.74) is 0. The molecule has 4 saturated carbocycles. The first-order valence-electron chi connectivity index (χ1n) is 11.0. The molecule has 128 valence electrons. The number of hydrogen-bond donors (Lipinski definition) is 0. The minimum absolute atomic E-state index is 0.858. The third-order valence-corrected chi connectivity index (χ3v) is 9.03. The fourth-order valence-electron chi connectivity index (χ4n) is 8.00. The fraction of sp³-hybridized carbons (Fsp3) is 0.913. The van der Waals surface area contributed by atoms with E-state index in [1.807, 2.05) is 0 Å². The number of allylic oxidation sites excluding steroid dienone is 2. The van der Waals surface area contributed by atoms with E-state index in [1.54, 1.807) is 57.8 Å². The van der Waals surface area contributed by atoms with E-state index in [4.69, 9.17) is 0 Å². The van der Waals surface area contributed by atoms with E-state index < -0.39 is 0 Å². The van der Waals surface area contributed by atoms with Crippen LogP contribution in [-0.4, -0.2) is 0 Å². The first-order chi connectivity index (χ1) is 11.3. The van der Waals surface area contributed by atoms with Crippen molar-refractivity contribution in [2.24, 2.45) is 53.3 Å². The van der Waals surface area contributed by atoms with E-state index >= 15 is 0 Å². The first kappa shape index (κ1) is 15.0. The van der Waals surface area contributed by atoms with Gasteiger partial charge in [-0.2, -0.15) is 0 Å². The molecule has 0 N–H and O–H groups in total. The zero-order valence-corrected chi connectivity index (χ0v) is 15.1. The summed E-state index contributed by atoms with van der Waals surface area (Å²) >= 11 is 0. The van der Waals surface area contributed by atoms with E-state index in [1.165, 1.54) is 12.8 Å². The van der Waals surface area contributed by atoms with Crippen LogP contribution >= 0.6 is 0 Å². The molecule has 0 aromatic carbocycles. The zero-order chi connectivity index (χ0) is 15.4. The van der Waals surface area contributed by atoms with Gasteiger partial charge < -0.3 is 0 Å². The van der Waals surface area contributed by atoms with Crippen LogP contribution in [0.2, 0.25) is 0 Å². The summed E-state index contributed by atoms with van der Waals surface area (Å²) in [6, 6.07) is 0. The molecule has 0 radical (unpaired) electrons. The standard InChI is InChI=1S/C23H36/c1-15-6-7-18(10-15)22-13-21-12-20(22)14-23(21)19-9-8-16-4-2-3-5-17(16)11-19/h6-7,15-23H,2-5,8-14H2,1H3. The highest BCUT2D eigenvalue weighted by Gasteiger charge is 2.51. The van der Waals surface area contributed by atoms with Crippen molar-refractivity contribution in [3.63, 3.8) is 0 Å². The number of hydrogen-bond acceptors (Lipinski definition) is 0. The molecule has 5 rings (SSSR count). The molecule has 0 amide bonds. The Hall–Kier alpha value is -0.260. The lowest BCUT2D eigenvalue weighted by atomic mass is 9.62.